The molecule has 11 heteroatoms. The van der Waals surface area contributed by atoms with E-state index in [0.29, 0.717) is 45.6 Å². The topological polar surface area (TPSA) is 107 Å². The zero-order chi connectivity index (χ0) is 29.8. The quantitative estimate of drug-likeness (QED) is 0.330. The van der Waals surface area contributed by atoms with Crippen molar-refractivity contribution in [2.45, 2.75) is 57.4 Å². The number of unbranched alkanes of at least 4 members (excludes halogenated alkanes) is 1. The molecule has 0 aromatic heterocycles. The number of likely N-dealkylation sites (tertiary alicyclic amines) is 1. The van der Waals surface area contributed by atoms with E-state index < -0.39 is 28.0 Å². The Morgan fingerprint density at radius 1 is 1.17 bits per heavy atom. The largest absolute Gasteiger partial charge is 0.493 e. The van der Waals surface area contributed by atoms with E-state index in [-0.39, 0.29) is 30.7 Å². The fourth-order valence-electron chi connectivity index (χ4n) is 6.57. The molecule has 1 amide bonds. The van der Waals surface area contributed by atoms with E-state index >= 15 is 0 Å². The van der Waals surface area contributed by atoms with E-state index in [9.17, 15) is 23.1 Å². The summed E-state index contributed by atoms with van der Waals surface area (Å²) in [5.74, 6) is -0.930. The summed E-state index contributed by atoms with van der Waals surface area (Å²) in [7, 11) is 3.13. The van der Waals surface area contributed by atoms with E-state index in [4.69, 9.17) is 4.74 Å². The Kier molecular flexibility index (Phi) is 10.4. The molecule has 4 rings (SSSR count). The van der Waals surface area contributed by atoms with E-state index in [1.54, 1.807) is 0 Å². The zero-order valence-corrected chi connectivity index (χ0v) is 26.1. The van der Waals surface area contributed by atoms with E-state index in [2.05, 4.69) is 34.1 Å². The summed E-state index contributed by atoms with van der Waals surface area (Å²) in [6, 6.07) is 5.50. The van der Waals surface area contributed by atoms with Gasteiger partial charge in [0, 0.05) is 57.5 Å². The molecule has 1 N–H and O–H groups in total. The maximum absolute atomic E-state index is 13.8. The molecule has 10 nitrogen and oxygen atoms in total. The van der Waals surface area contributed by atoms with Crippen LogP contribution in [0.4, 0.5) is 0 Å². The van der Waals surface area contributed by atoms with Crippen molar-refractivity contribution < 1.29 is 32.3 Å². The first-order valence-electron chi connectivity index (χ1n) is 15.2. The van der Waals surface area contributed by atoms with Crippen LogP contribution in [0.2, 0.25) is 0 Å². The number of carbonyl (C=O) groups excluding carboxylic acids is 1. The average Bonchev–Trinajstić information content (AvgIpc) is 3.60. The Hall–Kier alpha value is -2.21. The van der Waals surface area contributed by atoms with Gasteiger partial charge in [-0.15, -0.1) is 0 Å². The van der Waals surface area contributed by atoms with Gasteiger partial charge in [-0.2, -0.15) is 0 Å². The fraction of sp³-hybridized carbons (Fsp3) is 0.733. The minimum absolute atomic E-state index is 0.0193. The molecule has 41 heavy (non-hydrogen) atoms. The minimum atomic E-state index is -3.30. The van der Waals surface area contributed by atoms with Crippen LogP contribution in [0, 0.1) is 5.92 Å². The Labute approximate surface area is 245 Å². The number of amides is 1. The fourth-order valence-corrected chi connectivity index (χ4v) is 8.11. The van der Waals surface area contributed by atoms with Crippen LogP contribution in [-0.2, 0) is 26.0 Å². The number of ether oxygens (including phenoxy) is 1. The van der Waals surface area contributed by atoms with Gasteiger partial charge in [-0.3, -0.25) is 14.5 Å². The highest BCUT2D eigenvalue weighted by Crippen LogP contribution is 2.41. The van der Waals surface area contributed by atoms with Gasteiger partial charge in [0.25, 0.3) is 0 Å². The minimum Gasteiger partial charge on any atom is -0.493 e. The third kappa shape index (κ3) is 8.00. The second-order valence-electron chi connectivity index (χ2n) is 12.9. The number of carboxylic acids is 1. The summed E-state index contributed by atoms with van der Waals surface area (Å²) in [6.07, 6.45) is 4.57. The highest BCUT2D eigenvalue weighted by Gasteiger charge is 2.47. The van der Waals surface area contributed by atoms with Crippen LogP contribution < -0.4 is 4.74 Å². The lowest BCUT2D eigenvalue weighted by Crippen LogP contribution is -2.46. The van der Waals surface area contributed by atoms with Crippen LogP contribution in [0.25, 0.3) is 0 Å². The standard InChI is InChI=1S/C30H48N4O6S/c1-5-6-13-31(14-7-17-34(2,3)4)28(35)22-32-21-25(23-9-10-27-24(20-23)12-18-40-27)29(30(36)37)26(32)11-16-33-15-8-19-41(33,38)39/h9-10,20,25-26,29H,5-8,11-19,21-22H2,1-4H3/p+1. The Balaban J connectivity index is 1.57. The molecule has 0 aliphatic carbocycles. The predicted molar refractivity (Wildman–Crippen MR) is 158 cm³/mol. The van der Waals surface area contributed by atoms with Gasteiger partial charge in [0.05, 0.1) is 52.5 Å². The third-order valence-corrected chi connectivity index (χ3v) is 10.7. The number of aliphatic carboxylic acids is 1. The Morgan fingerprint density at radius 2 is 1.93 bits per heavy atom. The molecule has 2 saturated heterocycles. The molecule has 230 valence electrons. The third-order valence-electron chi connectivity index (χ3n) is 8.78. The molecular weight excluding hydrogens is 544 g/mol. The number of carboxylic acid groups (broad SMARTS) is 1. The lowest BCUT2D eigenvalue weighted by molar-refractivity contribution is -0.870. The Morgan fingerprint density at radius 3 is 2.59 bits per heavy atom. The number of hydrogen-bond donors (Lipinski definition) is 1. The van der Waals surface area contributed by atoms with Crippen molar-refractivity contribution in [2.75, 3.05) is 79.3 Å². The van der Waals surface area contributed by atoms with Crippen molar-refractivity contribution in [3.05, 3.63) is 29.3 Å². The van der Waals surface area contributed by atoms with Crippen LogP contribution in [0.5, 0.6) is 5.75 Å². The van der Waals surface area contributed by atoms with Gasteiger partial charge in [0.1, 0.15) is 5.75 Å². The zero-order valence-electron chi connectivity index (χ0n) is 25.3. The normalized spacial score (nSPS) is 24.3. The maximum Gasteiger partial charge on any atom is 0.308 e. The van der Waals surface area contributed by atoms with Crippen molar-refractivity contribution in [1.29, 1.82) is 0 Å². The monoisotopic (exact) mass is 593 g/mol. The van der Waals surface area contributed by atoms with Crippen LogP contribution >= 0.6 is 0 Å². The summed E-state index contributed by atoms with van der Waals surface area (Å²) >= 11 is 0. The van der Waals surface area contributed by atoms with Crippen LogP contribution in [0.15, 0.2) is 18.2 Å². The second kappa shape index (κ2) is 13.4. The van der Waals surface area contributed by atoms with E-state index in [1.807, 2.05) is 21.9 Å². The molecule has 2 fully saturated rings. The molecule has 0 spiro atoms. The van der Waals surface area contributed by atoms with Gasteiger partial charge >= 0.3 is 5.97 Å². The summed E-state index contributed by atoms with van der Waals surface area (Å²) in [6.45, 7) is 6.38. The first kappa shape index (κ1) is 31.7. The SMILES string of the molecule is CCCCN(CCC[N+](C)(C)C)C(=O)CN1CC(c2ccc3c(c2)CCO3)C(C(=O)O)C1CCN1CCCS1(=O)=O. The highest BCUT2D eigenvalue weighted by atomic mass is 32.2. The number of rotatable bonds is 14. The number of fused-ring (bicyclic) bond motifs is 1. The van der Waals surface area contributed by atoms with Crippen molar-refractivity contribution in [2.24, 2.45) is 5.92 Å². The van der Waals surface area contributed by atoms with Gasteiger partial charge in [0.2, 0.25) is 15.9 Å². The second-order valence-corrected chi connectivity index (χ2v) is 15.0. The molecular formula is C30H49N4O6S+. The highest BCUT2D eigenvalue weighted by molar-refractivity contribution is 7.89. The molecule has 0 saturated carbocycles. The number of sulfonamides is 1. The van der Waals surface area contributed by atoms with Crippen molar-refractivity contribution in [3.8, 4) is 5.75 Å². The lowest BCUT2D eigenvalue weighted by Gasteiger charge is -2.31. The molecule has 3 aliphatic rings. The molecule has 0 radical (unpaired) electrons. The number of benzene rings is 1. The Bertz CT molecular complexity index is 1180. The summed E-state index contributed by atoms with van der Waals surface area (Å²) in [5.41, 5.74) is 2.03. The number of carbonyl (C=O) groups is 2. The van der Waals surface area contributed by atoms with E-state index in [0.717, 1.165) is 53.6 Å². The molecule has 0 bridgehead atoms. The smallest absolute Gasteiger partial charge is 0.308 e. The van der Waals surface area contributed by atoms with Gasteiger partial charge in [-0.1, -0.05) is 25.5 Å². The first-order valence-corrected chi connectivity index (χ1v) is 16.8. The summed E-state index contributed by atoms with van der Waals surface area (Å²) in [5, 5.41) is 10.5. The van der Waals surface area contributed by atoms with Gasteiger partial charge in [-0.25, -0.2) is 12.7 Å². The van der Waals surface area contributed by atoms with Crippen LogP contribution in [0.1, 0.15) is 56.1 Å². The predicted octanol–water partition coefficient (Wildman–Crippen LogP) is 2.24. The van der Waals surface area contributed by atoms with Gasteiger partial charge in [0.15, 0.2) is 0 Å². The lowest BCUT2D eigenvalue weighted by atomic mass is 9.83. The van der Waals surface area contributed by atoms with Crippen LogP contribution in [0.3, 0.4) is 0 Å². The number of hydrogen-bond acceptors (Lipinski definition) is 6. The maximum atomic E-state index is 13.8. The molecule has 3 heterocycles. The summed E-state index contributed by atoms with van der Waals surface area (Å²) < 4.78 is 33.0. The van der Waals surface area contributed by atoms with Crippen molar-refractivity contribution >= 4 is 21.9 Å². The molecule has 3 atom stereocenters. The molecule has 3 unspecified atom stereocenters. The first-order chi connectivity index (χ1) is 19.4. The van der Waals surface area contributed by atoms with Gasteiger partial charge in [-0.05, 0) is 36.5 Å². The van der Waals surface area contributed by atoms with Crippen molar-refractivity contribution in [1.82, 2.24) is 14.1 Å². The number of quaternary nitrogens is 1. The van der Waals surface area contributed by atoms with Gasteiger partial charge < -0.3 is 19.2 Å². The summed E-state index contributed by atoms with van der Waals surface area (Å²) in [4.78, 5) is 30.5. The van der Waals surface area contributed by atoms with Crippen LogP contribution in [-0.4, -0.2) is 129 Å². The van der Waals surface area contributed by atoms with E-state index in [1.165, 1.54) is 4.31 Å². The van der Waals surface area contributed by atoms with Crippen molar-refractivity contribution in [3.63, 3.8) is 0 Å². The average molecular weight is 594 g/mol. The molecule has 1 aromatic rings. The molecule has 3 aliphatic heterocycles. The molecule has 1 aromatic carbocycles. The number of nitrogens with zero attached hydrogens (tertiary/aromatic N) is 4.